The third-order valence-electron chi connectivity index (χ3n) is 5.00. The van der Waals surface area contributed by atoms with E-state index in [0.717, 1.165) is 0 Å². The maximum absolute atomic E-state index is 2.23. The van der Waals surface area contributed by atoms with Crippen molar-refractivity contribution < 1.29 is 0 Å². The Morgan fingerprint density at radius 3 is 1.16 bits per heavy atom. The van der Waals surface area contributed by atoms with Crippen LogP contribution in [0.4, 0.5) is 0 Å². The van der Waals surface area contributed by atoms with Crippen molar-refractivity contribution in [3.05, 3.63) is 106 Å². The summed E-state index contributed by atoms with van der Waals surface area (Å²) in [6.45, 7) is 8.53. The SMILES string of the molecule is Cc1ccc(-c2ccc(-c3ccc(C)s3)s2)cc1.Cc1ccc(-c2ccc(C)s2)cc1. The Kier molecular flexibility index (Phi) is 6.86. The molecule has 0 saturated heterocycles. The van der Waals surface area contributed by atoms with Gasteiger partial charge in [0.15, 0.2) is 0 Å². The van der Waals surface area contributed by atoms with Gasteiger partial charge in [0, 0.05) is 29.3 Å². The highest BCUT2D eigenvalue weighted by molar-refractivity contribution is 7.23. The summed E-state index contributed by atoms with van der Waals surface area (Å²) in [6, 6.07) is 30.6. The van der Waals surface area contributed by atoms with Crippen LogP contribution in [0.15, 0.2) is 84.9 Å². The molecule has 156 valence electrons. The molecule has 3 aromatic heterocycles. The van der Waals surface area contributed by atoms with Gasteiger partial charge in [0.2, 0.25) is 0 Å². The van der Waals surface area contributed by atoms with Gasteiger partial charge in [-0.25, -0.2) is 0 Å². The van der Waals surface area contributed by atoms with E-state index in [1.54, 1.807) is 0 Å². The van der Waals surface area contributed by atoms with Crippen molar-refractivity contribution in [1.29, 1.82) is 0 Å². The van der Waals surface area contributed by atoms with Crippen LogP contribution in [0.2, 0.25) is 0 Å². The average Bonchev–Trinajstić information content (AvgIpc) is 3.51. The predicted octanol–water partition coefficient (Wildman–Crippen LogP) is 9.79. The highest BCUT2D eigenvalue weighted by atomic mass is 32.1. The van der Waals surface area contributed by atoms with Gasteiger partial charge in [-0.2, -0.15) is 0 Å². The van der Waals surface area contributed by atoms with Gasteiger partial charge < -0.3 is 0 Å². The largest absolute Gasteiger partial charge is 0.141 e. The lowest BCUT2D eigenvalue weighted by molar-refractivity contribution is 1.48. The van der Waals surface area contributed by atoms with Crippen molar-refractivity contribution >= 4 is 34.0 Å². The number of aryl methyl sites for hydroxylation is 4. The minimum atomic E-state index is 1.31. The average molecular weight is 459 g/mol. The normalized spacial score (nSPS) is 10.6. The minimum absolute atomic E-state index is 1.31. The molecule has 0 fully saturated rings. The summed E-state index contributed by atoms with van der Waals surface area (Å²) in [7, 11) is 0. The van der Waals surface area contributed by atoms with Crippen LogP contribution in [-0.2, 0) is 0 Å². The van der Waals surface area contributed by atoms with Crippen LogP contribution in [0.25, 0.3) is 30.6 Å². The zero-order chi connectivity index (χ0) is 21.8. The van der Waals surface area contributed by atoms with Crippen LogP contribution >= 0.6 is 34.0 Å². The molecule has 0 saturated carbocycles. The molecule has 0 unspecified atom stereocenters. The predicted molar refractivity (Wildman–Crippen MR) is 142 cm³/mol. The number of benzene rings is 2. The maximum Gasteiger partial charge on any atom is 0.0449 e. The van der Waals surface area contributed by atoms with Gasteiger partial charge in [0.1, 0.15) is 0 Å². The fourth-order valence-electron chi connectivity index (χ4n) is 3.22. The summed E-state index contributed by atoms with van der Waals surface area (Å²) < 4.78 is 0. The molecular weight excluding hydrogens is 433 g/mol. The highest BCUT2D eigenvalue weighted by Gasteiger charge is 2.06. The molecule has 0 atom stereocenters. The summed E-state index contributed by atoms with van der Waals surface area (Å²) in [5.41, 5.74) is 5.26. The Morgan fingerprint density at radius 1 is 0.355 bits per heavy atom. The molecule has 0 nitrogen and oxygen atoms in total. The van der Waals surface area contributed by atoms with Crippen molar-refractivity contribution in [1.82, 2.24) is 0 Å². The first-order chi connectivity index (χ1) is 15.0. The third-order valence-corrected chi connectivity index (χ3v) is 8.38. The summed E-state index contributed by atoms with van der Waals surface area (Å²) in [6.07, 6.45) is 0. The van der Waals surface area contributed by atoms with Crippen LogP contribution in [0.1, 0.15) is 20.9 Å². The highest BCUT2D eigenvalue weighted by Crippen LogP contribution is 2.37. The first-order valence-corrected chi connectivity index (χ1v) is 12.8. The third kappa shape index (κ3) is 5.62. The van der Waals surface area contributed by atoms with Crippen molar-refractivity contribution in [2.75, 3.05) is 0 Å². The Balaban J connectivity index is 0.000000158. The molecular formula is C28H26S3. The smallest absolute Gasteiger partial charge is 0.0449 e. The number of rotatable bonds is 3. The lowest BCUT2D eigenvalue weighted by Crippen LogP contribution is -1.72. The molecule has 0 N–H and O–H groups in total. The van der Waals surface area contributed by atoms with Crippen LogP contribution in [0.3, 0.4) is 0 Å². The summed E-state index contributed by atoms with van der Waals surface area (Å²) in [5.74, 6) is 0. The molecule has 5 aromatic rings. The molecule has 0 radical (unpaired) electrons. The zero-order valence-electron chi connectivity index (χ0n) is 18.3. The number of hydrogen-bond acceptors (Lipinski definition) is 3. The topological polar surface area (TPSA) is 0 Å². The second kappa shape index (κ2) is 9.78. The molecule has 0 bridgehead atoms. The van der Waals surface area contributed by atoms with Crippen LogP contribution < -0.4 is 0 Å². The fraction of sp³-hybridized carbons (Fsp3) is 0.143. The van der Waals surface area contributed by atoms with E-state index in [2.05, 4.69) is 113 Å². The Labute approximate surface area is 197 Å². The van der Waals surface area contributed by atoms with E-state index in [1.165, 1.54) is 51.5 Å². The van der Waals surface area contributed by atoms with Gasteiger partial charge in [0.05, 0.1) is 0 Å². The van der Waals surface area contributed by atoms with E-state index in [0.29, 0.717) is 0 Å². The molecule has 0 aliphatic carbocycles. The van der Waals surface area contributed by atoms with Gasteiger partial charge in [-0.05, 0) is 75.2 Å². The van der Waals surface area contributed by atoms with Crippen LogP contribution in [0.5, 0.6) is 0 Å². The van der Waals surface area contributed by atoms with E-state index >= 15 is 0 Å². The molecule has 2 aromatic carbocycles. The van der Waals surface area contributed by atoms with Gasteiger partial charge >= 0.3 is 0 Å². The number of hydrogen-bond donors (Lipinski definition) is 0. The van der Waals surface area contributed by atoms with E-state index in [9.17, 15) is 0 Å². The first kappa shape index (κ1) is 21.8. The number of thiophene rings is 3. The molecule has 0 amide bonds. The lowest BCUT2D eigenvalue weighted by atomic mass is 10.1. The van der Waals surface area contributed by atoms with E-state index in [4.69, 9.17) is 0 Å². The molecule has 3 heterocycles. The molecule has 0 aliphatic rings. The lowest BCUT2D eigenvalue weighted by Gasteiger charge is -1.97. The van der Waals surface area contributed by atoms with Crippen molar-refractivity contribution in [2.45, 2.75) is 27.7 Å². The van der Waals surface area contributed by atoms with Crippen molar-refractivity contribution in [3.8, 4) is 30.6 Å². The maximum atomic E-state index is 2.23. The standard InChI is InChI=1S/C16H14S2.C12H12S/c1-11-3-6-13(7-4-11)14-9-10-16(18-14)15-8-5-12(2)17-15;1-9-3-6-11(7-4-9)12-8-5-10(2)13-12/h3-10H,1-2H3;3-8H,1-2H3. The van der Waals surface area contributed by atoms with Crippen molar-refractivity contribution in [2.24, 2.45) is 0 Å². The van der Waals surface area contributed by atoms with Gasteiger partial charge in [0.25, 0.3) is 0 Å². The van der Waals surface area contributed by atoms with Gasteiger partial charge in [-0.3, -0.25) is 0 Å². The summed E-state index contributed by atoms with van der Waals surface area (Å²) >= 11 is 5.58. The Bertz CT molecular complexity index is 1250. The monoisotopic (exact) mass is 458 g/mol. The van der Waals surface area contributed by atoms with E-state index in [1.807, 2.05) is 34.0 Å². The second-order valence-corrected chi connectivity index (χ2v) is 11.4. The summed E-state index contributed by atoms with van der Waals surface area (Å²) in [5, 5.41) is 0. The minimum Gasteiger partial charge on any atom is -0.141 e. The first-order valence-electron chi connectivity index (χ1n) is 10.3. The second-order valence-electron chi connectivity index (χ2n) is 7.72. The zero-order valence-corrected chi connectivity index (χ0v) is 20.8. The molecule has 31 heavy (non-hydrogen) atoms. The summed E-state index contributed by atoms with van der Waals surface area (Å²) in [4.78, 5) is 8.18. The van der Waals surface area contributed by atoms with Crippen molar-refractivity contribution in [3.63, 3.8) is 0 Å². The van der Waals surface area contributed by atoms with Gasteiger partial charge in [-0.1, -0.05) is 59.7 Å². The molecule has 5 rings (SSSR count). The quantitative estimate of drug-likeness (QED) is 0.252. The molecule has 0 spiro atoms. The molecule has 0 aliphatic heterocycles. The Hall–Kier alpha value is -2.46. The van der Waals surface area contributed by atoms with E-state index < -0.39 is 0 Å². The fourth-order valence-corrected chi connectivity index (χ4v) is 6.06. The molecule has 3 heteroatoms. The van der Waals surface area contributed by atoms with Crippen LogP contribution in [0, 0.1) is 27.7 Å². The van der Waals surface area contributed by atoms with E-state index in [-0.39, 0.29) is 0 Å². The Morgan fingerprint density at radius 2 is 0.710 bits per heavy atom. The van der Waals surface area contributed by atoms with Gasteiger partial charge in [-0.15, -0.1) is 34.0 Å². The van der Waals surface area contributed by atoms with Crippen LogP contribution in [-0.4, -0.2) is 0 Å².